The number of ether oxygens (including phenoxy) is 3. The third kappa shape index (κ3) is 5.46. The number of rotatable bonds is 8. The molecule has 1 unspecified atom stereocenters. The first kappa shape index (κ1) is 22.0. The van der Waals surface area contributed by atoms with Crippen LogP contribution in [0.3, 0.4) is 0 Å². The van der Waals surface area contributed by atoms with Crippen LogP contribution in [0.1, 0.15) is 17.2 Å². The molecule has 0 bridgehead atoms. The molecule has 1 aliphatic heterocycles. The minimum absolute atomic E-state index is 0.0108. The number of carbonyl (C=O) groups excluding carboxylic acids is 1. The minimum atomic E-state index is -2.93. The molecule has 1 heterocycles. The molecule has 0 saturated carbocycles. The van der Waals surface area contributed by atoms with Gasteiger partial charge in [-0.2, -0.15) is 8.78 Å². The lowest BCUT2D eigenvalue weighted by Crippen LogP contribution is -2.46. The first-order valence-electron chi connectivity index (χ1n) is 9.73. The van der Waals surface area contributed by atoms with Gasteiger partial charge in [0.05, 0.1) is 20.3 Å². The predicted octanol–water partition coefficient (Wildman–Crippen LogP) is 3.33. The molecule has 6 nitrogen and oxygen atoms in total. The Morgan fingerprint density at radius 1 is 1.13 bits per heavy atom. The van der Waals surface area contributed by atoms with Gasteiger partial charge in [0, 0.05) is 19.6 Å². The van der Waals surface area contributed by atoms with Crippen LogP contribution in [0.5, 0.6) is 11.5 Å². The van der Waals surface area contributed by atoms with E-state index in [9.17, 15) is 13.6 Å². The number of benzene rings is 2. The topological polar surface area (TPSA) is 51.2 Å². The van der Waals surface area contributed by atoms with Crippen LogP contribution in [0.25, 0.3) is 0 Å². The fraction of sp³-hybridized carbons (Fsp3) is 0.409. The maximum atomic E-state index is 13.3. The van der Waals surface area contributed by atoms with Gasteiger partial charge in [0.1, 0.15) is 6.04 Å². The minimum Gasteiger partial charge on any atom is -0.493 e. The van der Waals surface area contributed by atoms with E-state index in [2.05, 4.69) is 4.74 Å². The molecule has 162 valence electrons. The van der Waals surface area contributed by atoms with Crippen LogP contribution in [0, 0.1) is 0 Å². The highest BCUT2D eigenvalue weighted by Crippen LogP contribution is 2.31. The van der Waals surface area contributed by atoms with Crippen molar-refractivity contribution in [3.8, 4) is 11.5 Å². The van der Waals surface area contributed by atoms with Crippen LogP contribution in [0.2, 0.25) is 0 Å². The number of morpholine rings is 1. The summed E-state index contributed by atoms with van der Waals surface area (Å²) in [6.45, 7) is -0.339. The van der Waals surface area contributed by atoms with Crippen molar-refractivity contribution in [2.45, 2.75) is 19.2 Å². The van der Waals surface area contributed by atoms with E-state index in [0.717, 1.165) is 11.1 Å². The van der Waals surface area contributed by atoms with Gasteiger partial charge in [0.2, 0.25) is 5.91 Å². The molecule has 3 rings (SSSR count). The zero-order chi connectivity index (χ0) is 21.5. The van der Waals surface area contributed by atoms with E-state index < -0.39 is 12.7 Å². The van der Waals surface area contributed by atoms with Gasteiger partial charge in [-0.05, 0) is 30.3 Å². The average Bonchev–Trinajstić information content (AvgIpc) is 2.76. The second-order valence-corrected chi connectivity index (χ2v) is 7.03. The summed E-state index contributed by atoms with van der Waals surface area (Å²) >= 11 is 0. The molecule has 0 aliphatic carbocycles. The Morgan fingerprint density at radius 2 is 1.83 bits per heavy atom. The zero-order valence-electron chi connectivity index (χ0n) is 17.1. The standard InChI is InChI=1S/C22H26F2N2O4/c1-25(15-16-8-9-18(30-22(23)24)19(14-16)28-2)20(17-6-4-3-5-7-17)21(27)26-10-12-29-13-11-26/h3-9,14,20,22H,10-13,15H2,1-2H3. The molecule has 2 aromatic rings. The third-order valence-corrected chi connectivity index (χ3v) is 4.99. The third-order valence-electron chi connectivity index (χ3n) is 4.99. The number of amides is 1. The highest BCUT2D eigenvalue weighted by Gasteiger charge is 2.30. The smallest absolute Gasteiger partial charge is 0.387 e. The van der Waals surface area contributed by atoms with E-state index in [-0.39, 0.29) is 17.4 Å². The zero-order valence-corrected chi connectivity index (χ0v) is 17.1. The molecule has 1 aliphatic rings. The molecular formula is C22H26F2N2O4. The van der Waals surface area contributed by atoms with Gasteiger partial charge in [-0.1, -0.05) is 36.4 Å². The van der Waals surface area contributed by atoms with Crippen LogP contribution in [-0.4, -0.2) is 62.8 Å². The van der Waals surface area contributed by atoms with Crippen LogP contribution in [0.4, 0.5) is 8.78 Å². The first-order chi connectivity index (χ1) is 14.5. The molecule has 0 radical (unpaired) electrons. The summed E-state index contributed by atoms with van der Waals surface area (Å²) in [6, 6.07) is 13.9. The van der Waals surface area contributed by atoms with Gasteiger partial charge in [-0.3, -0.25) is 9.69 Å². The summed E-state index contributed by atoms with van der Waals surface area (Å²) in [5.41, 5.74) is 1.70. The molecule has 1 fully saturated rings. The summed E-state index contributed by atoms with van der Waals surface area (Å²) < 4.78 is 40.2. The van der Waals surface area contributed by atoms with Crippen molar-refractivity contribution >= 4 is 5.91 Å². The van der Waals surface area contributed by atoms with Crippen molar-refractivity contribution in [1.82, 2.24) is 9.80 Å². The average molecular weight is 420 g/mol. The van der Waals surface area contributed by atoms with E-state index in [1.165, 1.54) is 13.2 Å². The molecule has 8 heteroatoms. The largest absolute Gasteiger partial charge is 0.493 e. The Balaban J connectivity index is 1.82. The van der Waals surface area contributed by atoms with Crippen molar-refractivity contribution in [3.63, 3.8) is 0 Å². The second-order valence-electron chi connectivity index (χ2n) is 7.03. The summed E-state index contributed by atoms with van der Waals surface area (Å²) in [4.78, 5) is 17.1. The fourth-order valence-electron chi connectivity index (χ4n) is 3.56. The van der Waals surface area contributed by atoms with Crippen molar-refractivity contribution < 1.29 is 27.8 Å². The molecule has 1 saturated heterocycles. The first-order valence-corrected chi connectivity index (χ1v) is 9.73. The van der Waals surface area contributed by atoms with Gasteiger partial charge in [0.25, 0.3) is 0 Å². The van der Waals surface area contributed by atoms with Crippen molar-refractivity contribution in [2.75, 3.05) is 40.5 Å². The van der Waals surface area contributed by atoms with Gasteiger partial charge < -0.3 is 19.1 Å². The Kier molecular flexibility index (Phi) is 7.59. The number of hydrogen-bond acceptors (Lipinski definition) is 5. The van der Waals surface area contributed by atoms with Gasteiger partial charge >= 0.3 is 6.61 Å². The number of carbonyl (C=O) groups is 1. The van der Waals surface area contributed by atoms with Crippen LogP contribution < -0.4 is 9.47 Å². The summed E-state index contributed by atoms with van der Waals surface area (Å²) in [6.07, 6.45) is 0. The Morgan fingerprint density at radius 3 is 2.47 bits per heavy atom. The number of nitrogens with zero attached hydrogens (tertiary/aromatic N) is 2. The highest BCUT2D eigenvalue weighted by atomic mass is 19.3. The summed E-state index contributed by atoms with van der Waals surface area (Å²) in [5.74, 6) is 0.205. The van der Waals surface area contributed by atoms with Crippen LogP contribution in [-0.2, 0) is 16.1 Å². The Labute approximate surface area is 174 Å². The lowest BCUT2D eigenvalue weighted by atomic mass is 10.0. The SMILES string of the molecule is COc1cc(CN(C)C(C(=O)N2CCOCC2)c2ccccc2)ccc1OC(F)F. The van der Waals surface area contributed by atoms with Gasteiger partial charge in [-0.25, -0.2) is 0 Å². The van der Waals surface area contributed by atoms with E-state index in [1.807, 2.05) is 47.2 Å². The Bertz CT molecular complexity index is 829. The maximum absolute atomic E-state index is 13.3. The van der Waals surface area contributed by atoms with Crippen LogP contribution >= 0.6 is 0 Å². The summed E-state index contributed by atoms with van der Waals surface area (Å²) in [5, 5.41) is 0. The number of hydrogen-bond donors (Lipinski definition) is 0. The van der Waals surface area contributed by atoms with E-state index >= 15 is 0 Å². The van der Waals surface area contributed by atoms with Crippen LogP contribution in [0.15, 0.2) is 48.5 Å². The maximum Gasteiger partial charge on any atom is 0.387 e. The molecule has 0 aromatic heterocycles. The molecular weight excluding hydrogens is 394 g/mol. The monoisotopic (exact) mass is 420 g/mol. The van der Waals surface area contributed by atoms with Gasteiger partial charge in [0.15, 0.2) is 11.5 Å². The Hall–Kier alpha value is -2.71. The van der Waals surface area contributed by atoms with E-state index in [4.69, 9.17) is 9.47 Å². The predicted molar refractivity (Wildman–Crippen MR) is 108 cm³/mol. The molecule has 30 heavy (non-hydrogen) atoms. The normalized spacial score (nSPS) is 15.3. The second kappa shape index (κ2) is 10.4. The van der Waals surface area contributed by atoms with Crippen molar-refractivity contribution in [1.29, 1.82) is 0 Å². The summed E-state index contributed by atoms with van der Waals surface area (Å²) in [7, 11) is 3.27. The fourth-order valence-corrected chi connectivity index (χ4v) is 3.56. The number of likely N-dealkylation sites (N-methyl/N-ethyl adjacent to an activating group) is 1. The molecule has 0 spiro atoms. The molecule has 1 atom stereocenters. The van der Waals surface area contributed by atoms with E-state index in [1.54, 1.807) is 12.1 Å². The number of alkyl halides is 2. The lowest BCUT2D eigenvalue weighted by molar-refractivity contribution is -0.141. The molecule has 0 N–H and O–H groups in total. The van der Waals surface area contributed by atoms with Gasteiger partial charge in [-0.15, -0.1) is 0 Å². The van der Waals surface area contributed by atoms with Crippen molar-refractivity contribution in [2.24, 2.45) is 0 Å². The van der Waals surface area contributed by atoms with Crippen molar-refractivity contribution in [3.05, 3.63) is 59.7 Å². The quantitative estimate of drug-likeness (QED) is 0.656. The number of methoxy groups -OCH3 is 1. The highest BCUT2D eigenvalue weighted by molar-refractivity contribution is 5.83. The van der Waals surface area contributed by atoms with E-state index in [0.29, 0.717) is 32.8 Å². The number of halogens is 2. The molecule has 1 amide bonds. The molecule has 2 aromatic carbocycles. The lowest BCUT2D eigenvalue weighted by Gasteiger charge is -2.34.